The molecule has 2 rings (SSSR count). The van der Waals surface area contributed by atoms with Crippen molar-refractivity contribution in [2.75, 3.05) is 36.0 Å². The molecular formula is C10H19N9. The van der Waals surface area contributed by atoms with E-state index in [-0.39, 0.29) is 0 Å². The van der Waals surface area contributed by atoms with Gasteiger partial charge in [0.05, 0.1) is 36.9 Å². The number of nitrogens with one attached hydrogen (secondary N) is 1. The normalized spacial score (nSPS) is 10.9. The van der Waals surface area contributed by atoms with Gasteiger partial charge < -0.3 is 28.3 Å². The van der Waals surface area contributed by atoms with Gasteiger partial charge in [0.25, 0.3) is 0 Å². The topological polar surface area (TPSA) is 152 Å². The Balaban J connectivity index is 1.70. The van der Waals surface area contributed by atoms with E-state index in [1.165, 1.54) is 0 Å². The van der Waals surface area contributed by atoms with Crippen LogP contribution in [0, 0.1) is 0 Å². The summed E-state index contributed by atoms with van der Waals surface area (Å²) in [6, 6.07) is 0. The highest BCUT2D eigenvalue weighted by atomic mass is 15.3. The maximum atomic E-state index is 5.73. The molecule has 9 heteroatoms. The van der Waals surface area contributed by atoms with Crippen molar-refractivity contribution in [2.24, 2.45) is 0 Å². The van der Waals surface area contributed by atoms with E-state index in [0.717, 1.165) is 13.1 Å². The van der Waals surface area contributed by atoms with E-state index < -0.39 is 0 Å². The minimum absolute atomic E-state index is 0.492. The van der Waals surface area contributed by atoms with Gasteiger partial charge in [0, 0.05) is 13.1 Å². The van der Waals surface area contributed by atoms with Crippen molar-refractivity contribution in [1.29, 1.82) is 0 Å². The molecule has 0 unspecified atom stereocenters. The Bertz CT molecular complexity index is 493. The average Bonchev–Trinajstić information content (AvgIpc) is 2.88. The molecule has 0 bridgehead atoms. The van der Waals surface area contributed by atoms with Crippen LogP contribution < -0.4 is 28.3 Å². The van der Waals surface area contributed by atoms with Crippen LogP contribution in [0.25, 0.3) is 0 Å². The minimum Gasteiger partial charge on any atom is -0.394 e. The number of hydrogen-bond acceptors (Lipinski definition) is 7. The minimum atomic E-state index is 0.492. The highest BCUT2D eigenvalue weighted by Crippen LogP contribution is 2.12. The van der Waals surface area contributed by atoms with Crippen molar-refractivity contribution in [3.63, 3.8) is 0 Å². The number of nitrogens with two attached hydrogens (primary N) is 4. The quantitative estimate of drug-likeness (QED) is 0.407. The molecule has 0 saturated carbocycles. The predicted octanol–water partition coefficient (Wildman–Crippen LogP) is -1.30. The van der Waals surface area contributed by atoms with Gasteiger partial charge in [0.2, 0.25) is 0 Å². The molecule has 2 aromatic heterocycles. The first-order valence-electron chi connectivity index (χ1n) is 5.94. The SMILES string of the molecule is Nc1cnn(CCNCCn2ncc(N)c2N)c1N. The first kappa shape index (κ1) is 13.0. The van der Waals surface area contributed by atoms with Crippen molar-refractivity contribution in [3.05, 3.63) is 12.4 Å². The fourth-order valence-electron chi connectivity index (χ4n) is 1.67. The van der Waals surface area contributed by atoms with Crippen molar-refractivity contribution >= 4 is 23.0 Å². The van der Waals surface area contributed by atoms with Gasteiger partial charge in [0.15, 0.2) is 0 Å². The van der Waals surface area contributed by atoms with E-state index in [1.807, 2.05) is 0 Å². The number of anilines is 4. The second-order valence-corrected chi connectivity index (χ2v) is 4.17. The molecule has 9 nitrogen and oxygen atoms in total. The van der Waals surface area contributed by atoms with Crippen molar-refractivity contribution < 1.29 is 0 Å². The molecule has 0 fully saturated rings. The molecule has 0 atom stereocenters. The number of nitrogen functional groups attached to an aromatic ring is 4. The van der Waals surface area contributed by atoms with Gasteiger partial charge >= 0.3 is 0 Å². The molecule has 0 amide bonds. The monoisotopic (exact) mass is 265 g/mol. The Morgan fingerprint density at radius 3 is 1.58 bits per heavy atom. The van der Waals surface area contributed by atoms with E-state index in [9.17, 15) is 0 Å². The lowest BCUT2D eigenvalue weighted by Crippen LogP contribution is -2.25. The van der Waals surface area contributed by atoms with E-state index >= 15 is 0 Å². The van der Waals surface area contributed by atoms with Gasteiger partial charge in [-0.3, -0.25) is 0 Å². The van der Waals surface area contributed by atoms with Crippen LogP contribution in [-0.4, -0.2) is 32.7 Å². The fraction of sp³-hybridized carbons (Fsp3) is 0.400. The lowest BCUT2D eigenvalue weighted by Gasteiger charge is -2.07. The lowest BCUT2D eigenvalue weighted by atomic mass is 10.5. The van der Waals surface area contributed by atoms with Crippen LogP contribution in [0.4, 0.5) is 23.0 Å². The Hall–Kier alpha value is -2.42. The molecule has 0 radical (unpaired) electrons. The maximum Gasteiger partial charge on any atom is 0.145 e. The zero-order valence-corrected chi connectivity index (χ0v) is 10.6. The van der Waals surface area contributed by atoms with Gasteiger partial charge in [-0.15, -0.1) is 0 Å². The Morgan fingerprint density at radius 1 is 0.842 bits per heavy atom. The molecule has 0 aromatic carbocycles. The summed E-state index contributed by atoms with van der Waals surface area (Å²) in [5.74, 6) is 0.983. The van der Waals surface area contributed by atoms with Crippen LogP contribution in [0.2, 0.25) is 0 Å². The number of rotatable bonds is 6. The molecule has 0 spiro atoms. The maximum absolute atomic E-state index is 5.73. The first-order valence-corrected chi connectivity index (χ1v) is 5.94. The zero-order valence-electron chi connectivity index (χ0n) is 10.6. The summed E-state index contributed by atoms with van der Waals surface area (Å²) in [4.78, 5) is 0. The van der Waals surface area contributed by atoms with Crippen molar-refractivity contribution in [2.45, 2.75) is 13.1 Å². The molecule has 2 aromatic rings. The molecular weight excluding hydrogens is 246 g/mol. The molecule has 0 aliphatic heterocycles. The van der Waals surface area contributed by atoms with E-state index in [1.54, 1.807) is 21.8 Å². The first-order chi connectivity index (χ1) is 9.09. The van der Waals surface area contributed by atoms with Crippen molar-refractivity contribution in [1.82, 2.24) is 24.9 Å². The Kier molecular flexibility index (Phi) is 3.76. The molecule has 0 saturated heterocycles. The summed E-state index contributed by atoms with van der Waals surface area (Å²) in [7, 11) is 0. The van der Waals surface area contributed by atoms with Crippen LogP contribution in [-0.2, 0) is 13.1 Å². The third-order valence-electron chi connectivity index (χ3n) is 2.82. The zero-order chi connectivity index (χ0) is 13.8. The molecule has 9 N–H and O–H groups in total. The summed E-state index contributed by atoms with van der Waals surface area (Å²) in [6.45, 7) is 2.75. The molecule has 104 valence electrons. The van der Waals surface area contributed by atoms with Gasteiger partial charge in [-0.25, -0.2) is 9.36 Å². The highest BCUT2D eigenvalue weighted by Gasteiger charge is 2.04. The molecule has 0 aliphatic rings. The van der Waals surface area contributed by atoms with Crippen LogP contribution in [0.1, 0.15) is 0 Å². The summed E-state index contributed by atoms with van der Waals surface area (Å²) >= 11 is 0. The van der Waals surface area contributed by atoms with Crippen LogP contribution in [0.5, 0.6) is 0 Å². The third kappa shape index (κ3) is 2.88. The van der Waals surface area contributed by atoms with Gasteiger partial charge in [-0.05, 0) is 0 Å². The van der Waals surface area contributed by atoms with Crippen LogP contribution in [0.15, 0.2) is 12.4 Å². The Labute approximate surface area is 110 Å². The molecule has 19 heavy (non-hydrogen) atoms. The number of nitrogens with zero attached hydrogens (tertiary/aromatic N) is 4. The predicted molar refractivity (Wildman–Crippen MR) is 75.0 cm³/mol. The van der Waals surface area contributed by atoms with E-state index in [4.69, 9.17) is 22.9 Å². The van der Waals surface area contributed by atoms with Gasteiger partial charge in [0.1, 0.15) is 11.6 Å². The van der Waals surface area contributed by atoms with E-state index in [2.05, 4.69) is 15.5 Å². The van der Waals surface area contributed by atoms with Crippen LogP contribution >= 0.6 is 0 Å². The summed E-state index contributed by atoms with van der Waals surface area (Å²) in [5, 5.41) is 11.4. The second kappa shape index (κ2) is 5.48. The smallest absolute Gasteiger partial charge is 0.145 e. The van der Waals surface area contributed by atoms with Gasteiger partial charge in [-0.2, -0.15) is 10.2 Å². The molecule has 0 aliphatic carbocycles. The summed E-state index contributed by atoms with van der Waals surface area (Å²) in [6.07, 6.45) is 3.09. The highest BCUT2D eigenvalue weighted by molar-refractivity contribution is 5.57. The molecule has 2 heterocycles. The average molecular weight is 265 g/mol. The second-order valence-electron chi connectivity index (χ2n) is 4.17. The summed E-state index contributed by atoms with van der Waals surface area (Å²) < 4.78 is 3.31. The number of hydrogen-bond donors (Lipinski definition) is 5. The summed E-state index contributed by atoms with van der Waals surface area (Å²) in [5.41, 5.74) is 23.7. The fourth-order valence-corrected chi connectivity index (χ4v) is 1.67. The van der Waals surface area contributed by atoms with Gasteiger partial charge in [-0.1, -0.05) is 0 Å². The Morgan fingerprint density at radius 2 is 1.26 bits per heavy atom. The lowest BCUT2D eigenvalue weighted by molar-refractivity contribution is 0.520. The van der Waals surface area contributed by atoms with Crippen LogP contribution in [0.3, 0.4) is 0 Å². The largest absolute Gasteiger partial charge is 0.394 e. The standard InChI is InChI=1S/C10H19N9/c11-7-5-16-18(9(7)13)3-1-15-2-4-19-10(14)8(12)6-17-19/h5-6,15H,1-4,11-14H2. The number of aromatic nitrogens is 4. The van der Waals surface area contributed by atoms with Crippen molar-refractivity contribution in [3.8, 4) is 0 Å². The third-order valence-corrected chi connectivity index (χ3v) is 2.82. The van der Waals surface area contributed by atoms with E-state index in [0.29, 0.717) is 36.1 Å².